The zero-order valence-electron chi connectivity index (χ0n) is 24.3. The Morgan fingerprint density at radius 3 is 2.19 bits per heavy atom. The molecule has 1 atom stereocenters. The quantitative estimate of drug-likeness (QED) is 0.187. The molecule has 4 aromatic rings. The summed E-state index contributed by atoms with van der Waals surface area (Å²) < 4.78 is 19.0. The number of carboxylic acid groups (broad SMARTS) is 1. The second kappa shape index (κ2) is 14.8. The summed E-state index contributed by atoms with van der Waals surface area (Å²) in [4.78, 5) is 40.4. The van der Waals surface area contributed by atoms with Crippen LogP contribution in [0.25, 0.3) is 11.1 Å². The van der Waals surface area contributed by atoms with Gasteiger partial charge in [0.25, 0.3) is 11.8 Å². The van der Waals surface area contributed by atoms with Crippen molar-refractivity contribution in [1.82, 2.24) is 10.2 Å². The van der Waals surface area contributed by atoms with Crippen LogP contribution in [0.5, 0.6) is 5.75 Å². The molecule has 2 amide bonds. The maximum Gasteiger partial charge on any atom is 0.305 e. The first kappa shape index (κ1) is 31.0. The maximum atomic E-state index is 14.0. The second-order valence-electron chi connectivity index (χ2n) is 10.1. The Kier molecular flexibility index (Phi) is 10.6. The van der Waals surface area contributed by atoms with Crippen LogP contribution < -0.4 is 10.1 Å². The fraction of sp³-hybridized carbons (Fsp3) is 0.229. The maximum absolute atomic E-state index is 14.0. The first-order chi connectivity index (χ1) is 20.8. The lowest BCUT2D eigenvalue weighted by Crippen LogP contribution is -2.35. The highest BCUT2D eigenvalue weighted by Crippen LogP contribution is 2.29. The number of amides is 2. The van der Waals surface area contributed by atoms with E-state index in [0.29, 0.717) is 41.8 Å². The van der Waals surface area contributed by atoms with Gasteiger partial charge in [0.1, 0.15) is 11.6 Å². The van der Waals surface area contributed by atoms with Gasteiger partial charge in [-0.15, -0.1) is 0 Å². The number of benzene rings is 4. The number of aliphatic carboxylic acids is 1. The highest BCUT2D eigenvalue weighted by molar-refractivity contribution is 6.06. The van der Waals surface area contributed by atoms with Gasteiger partial charge in [-0.2, -0.15) is 0 Å². The third-order valence-electron chi connectivity index (χ3n) is 7.10. The zero-order valence-corrected chi connectivity index (χ0v) is 24.3. The third-order valence-corrected chi connectivity index (χ3v) is 7.10. The molecule has 222 valence electrons. The van der Waals surface area contributed by atoms with Gasteiger partial charge in [0.2, 0.25) is 0 Å². The van der Waals surface area contributed by atoms with Crippen molar-refractivity contribution in [2.75, 3.05) is 19.7 Å². The van der Waals surface area contributed by atoms with E-state index < -0.39 is 5.97 Å². The summed E-state index contributed by atoms with van der Waals surface area (Å²) in [5.74, 6) is -1.29. The van der Waals surface area contributed by atoms with Crippen molar-refractivity contribution < 1.29 is 28.6 Å². The topological polar surface area (TPSA) is 95.9 Å². The number of carboxylic acids is 1. The van der Waals surface area contributed by atoms with E-state index in [9.17, 15) is 23.9 Å². The minimum atomic E-state index is -0.998. The Labute approximate surface area is 250 Å². The van der Waals surface area contributed by atoms with E-state index in [1.165, 1.54) is 12.1 Å². The first-order valence-corrected chi connectivity index (χ1v) is 14.2. The molecule has 43 heavy (non-hydrogen) atoms. The Balaban J connectivity index is 1.61. The van der Waals surface area contributed by atoms with E-state index >= 15 is 0 Å². The molecular weight excluding hydrogens is 547 g/mol. The van der Waals surface area contributed by atoms with Gasteiger partial charge in [-0.25, -0.2) is 4.39 Å². The molecule has 0 aromatic heterocycles. The molecule has 4 aromatic carbocycles. The molecule has 0 bridgehead atoms. The van der Waals surface area contributed by atoms with Crippen molar-refractivity contribution in [3.8, 4) is 16.9 Å². The molecule has 0 heterocycles. The summed E-state index contributed by atoms with van der Waals surface area (Å²) in [6.45, 7) is 4.59. The number of halogens is 1. The van der Waals surface area contributed by atoms with E-state index in [0.717, 1.165) is 16.9 Å². The molecule has 0 aliphatic heterocycles. The molecule has 8 heteroatoms. The predicted molar refractivity (Wildman–Crippen MR) is 164 cm³/mol. The predicted octanol–water partition coefficient (Wildman–Crippen LogP) is 6.54. The normalized spacial score (nSPS) is 11.4. The Morgan fingerprint density at radius 2 is 1.51 bits per heavy atom. The Hall–Kier alpha value is -4.98. The minimum Gasteiger partial charge on any atom is -0.494 e. The molecule has 0 aliphatic carbocycles. The van der Waals surface area contributed by atoms with Gasteiger partial charge in [0.05, 0.1) is 19.1 Å². The van der Waals surface area contributed by atoms with Crippen LogP contribution in [0.2, 0.25) is 0 Å². The number of nitrogens with one attached hydrogen (secondary N) is 1. The number of carbonyl (C=O) groups is 3. The summed E-state index contributed by atoms with van der Waals surface area (Å²) in [7, 11) is 0. The zero-order chi connectivity index (χ0) is 30.8. The number of ether oxygens (including phenoxy) is 1. The summed E-state index contributed by atoms with van der Waals surface area (Å²) >= 11 is 0. The molecule has 4 rings (SSSR count). The van der Waals surface area contributed by atoms with Crippen LogP contribution in [0.4, 0.5) is 4.39 Å². The lowest BCUT2D eigenvalue weighted by Gasteiger charge is -2.24. The Morgan fingerprint density at radius 1 is 0.860 bits per heavy atom. The number of carbonyl (C=O) groups excluding carboxylic acids is 2. The Bertz CT molecular complexity index is 1570. The third kappa shape index (κ3) is 8.29. The SMILES string of the molecule is CCOc1cccc(CCN(CCC(=O)O)C(=O)c2ccccc2-c2ccccc2C(=O)NC(C)c2ccc(F)cc2)c1. The fourth-order valence-corrected chi connectivity index (χ4v) is 4.87. The van der Waals surface area contributed by atoms with Crippen molar-refractivity contribution >= 4 is 17.8 Å². The van der Waals surface area contributed by atoms with E-state index in [1.807, 2.05) is 38.1 Å². The van der Waals surface area contributed by atoms with Crippen LogP contribution in [0.1, 0.15) is 58.2 Å². The number of hydrogen-bond acceptors (Lipinski definition) is 4. The lowest BCUT2D eigenvalue weighted by molar-refractivity contribution is -0.137. The summed E-state index contributed by atoms with van der Waals surface area (Å²) in [6.07, 6.45) is 0.307. The highest BCUT2D eigenvalue weighted by atomic mass is 19.1. The molecule has 1 unspecified atom stereocenters. The van der Waals surface area contributed by atoms with Crippen molar-refractivity contribution in [2.24, 2.45) is 0 Å². The van der Waals surface area contributed by atoms with Gasteiger partial charge in [-0.1, -0.05) is 60.7 Å². The smallest absolute Gasteiger partial charge is 0.305 e. The first-order valence-electron chi connectivity index (χ1n) is 14.2. The van der Waals surface area contributed by atoms with Crippen molar-refractivity contribution in [2.45, 2.75) is 32.7 Å². The molecule has 7 nitrogen and oxygen atoms in total. The lowest BCUT2D eigenvalue weighted by atomic mass is 9.94. The largest absolute Gasteiger partial charge is 0.494 e. The number of hydrogen-bond donors (Lipinski definition) is 2. The van der Waals surface area contributed by atoms with Gasteiger partial charge in [0, 0.05) is 24.2 Å². The average molecular weight is 583 g/mol. The van der Waals surface area contributed by atoms with Gasteiger partial charge < -0.3 is 20.1 Å². The molecule has 0 saturated carbocycles. The number of rotatable bonds is 13. The molecule has 0 aliphatic rings. The van der Waals surface area contributed by atoms with Crippen molar-refractivity contribution in [1.29, 1.82) is 0 Å². The van der Waals surface area contributed by atoms with E-state index in [2.05, 4.69) is 5.32 Å². The van der Waals surface area contributed by atoms with Crippen LogP contribution in [-0.2, 0) is 11.2 Å². The highest BCUT2D eigenvalue weighted by Gasteiger charge is 2.23. The number of nitrogens with zero attached hydrogens (tertiary/aromatic N) is 1. The van der Waals surface area contributed by atoms with Crippen LogP contribution in [0.15, 0.2) is 97.1 Å². The van der Waals surface area contributed by atoms with E-state index in [4.69, 9.17) is 4.74 Å². The van der Waals surface area contributed by atoms with Crippen molar-refractivity contribution in [3.63, 3.8) is 0 Å². The fourth-order valence-electron chi connectivity index (χ4n) is 4.87. The second-order valence-corrected chi connectivity index (χ2v) is 10.1. The summed E-state index contributed by atoms with van der Waals surface area (Å²) in [6, 6.07) is 27.2. The monoisotopic (exact) mass is 582 g/mol. The van der Waals surface area contributed by atoms with Crippen molar-refractivity contribution in [3.05, 3.63) is 125 Å². The summed E-state index contributed by atoms with van der Waals surface area (Å²) in [5.41, 5.74) is 3.59. The molecule has 0 spiro atoms. The molecule has 0 saturated heterocycles. The molecular formula is C35H35FN2O5. The van der Waals surface area contributed by atoms with E-state index in [1.54, 1.807) is 65.6 Å². The van der Waals surface area contributed by atoms with Crippen LogP contribution in [0.3, 0.4) is 0 Å². The van der Waals surface area contributed by atoms with Gasteiger partial charge >= 0.3 is 5.97 Å². The van der Waals surface area contributed by atoms with E-state index in [-0.39, 0.29) is 36.6 Å². The summed E-state index contributed by atoms with van der Waals surface area (Å²) in [5, 5.41) is 12.3. The van der Waals surface area contributed by atoms with Gasteiger partial charge in [-0.05, 0) is 78.9 Å². The van der Waals surface area contributed by atoms with Gasteiger partial charge in [-0.3, -0.25) is 14.4 Å². The molecule has 2 N–H and O–H groups in total. The molecule has 0 radical (unpaired) electrons. The standard InChI is InChI=1S/C35H35FN2O5/c1-3-43-28-10-8-9-25(23-28)19-21-38(22-20-33(39)40)35(42)32-14-7-5-12-30(32)29-11-4-6-13-31(29)34(41)37-24(2)26-15-17-27(36)18-16-26/h4-18,23-24H,3,19-22H2,1-2H3,(H,37,41)(H,39,40). The van der Waals surface area contributed by atoms with Crippen LogP contribution in [-0.4, -0.2) is 47.5 Å². The average Bonchev–Trinajstić information content (AvgIpc) is 3.01. The molecule has 0 fully saturated rings. The van der Waals surface area contributed by atoms with Crippen LogP contribution in [0, 0.1) is 5.82 Å². The minimum absolute atomic E-state index is 0.0327. The van der Waals surface area contributed by atoms with Crippen LogP contribution >= 0.6 is 0 Å². The van der Waals surface area contributed by atoms with Gasteiger partial charge in [0.15, 0.2) is 0 Å².